The van der Waals surface area contributed by atoms with Gasteiger partial charge in [0.25, 0.3) is 0 Å². The summed E-state index contributed by atoms with van der Waals surface area (Å²) in [6, 6.07) is 0.0363. The van der Waals surface area contributed by atoms with Crippen molar-refractivity contribution in [3.05, 3.63) is 0 Å². The fourth-order valence-corrected chi connectivity index (χ4v) is 3.65. The van der Waals surface area contributed by atoms with Crippen molar-refractivity contribution in [2.75, 3.05) is 32.7 Å². The minimum atomic E-state index is -4.20. The lowest BCUT2D eigenvalue weighted by Gasteiger charge is -2.41. The molecule has 2 aliphatic rings. The van der Waals surface area contributed by atoms with Gasteiger partial charge >= 0.3 is 6.18 Å². The number of carbonyl (C=O) groups is 1. The first-order chi connectivity index (χ1) is 10.3. The van der Waals surface area contributed by atoms with Crippen LogP contribution in [-0.4, -0.2) is 60.6 Å². The van der Waals surface area contributed by atoms with E-state index < -0.39 is 12.7 Å². The lowest BCUT2D eigenvalue weighted by Crippen LogP contribution is -2.54. The van der Waals surface area contributed by atoms with E-state index in [0.717, 1.165) is 12.8 Å². The molecule has 2 aliphatic heterocycles. The first-order valence-corrected chi connectivity index (χ1v) is 8.10. The van der Waals surface area contributed by atoms with E-state index in [9.17, 15) is 18.0 Å². The van der Waals surface area contributed by atoms with Crippen LogP contribution in [0.15, 0.2) is 0 Å². The molecule has 2 saturated heterocycles. The van der Waals surface area contributed by atoms with E-state index in [1.54, 1.807) is 0 Å². The maximum Gasteiger partial charge on any atom is 0.401 e. The smallest absolute Gasteiger partial charge is 0.338 e. The molecule has 0 aromatic heterocycles. The van der Waals surface area contributed by atoms with E-state index in [1.165, 1.54) is 4.90 Å². The van der Waals surface area contributed by atoms with Crippen LogP contribution < -0.4 is 5.73 Å². The molecule has 0 radical (unpaired) electrons. The lowest BCUT2D eigenvalue weighted by atomic mass is 9.89. The molecule has 2 heterocycles. The maximum absolute atomic E-state index is 12.7. The van der Waals surface area contributed by atoms with Gasteiger partial charge in [-0.05, 0) is 38.1 Å². The highest BCUT2D eigenvalue weighted by atomic mass is 19.4. The lowest BCUT2D eigenvalue weighted by molar-refractivity contribution is -0.156. The highest BCUT2D eigenvalue weighted by Gasteiger charge is 2.38. The van der Waals surface area contributed by atoms with E-state index in [1.807, 2.05) is 4.90 Å². The first kappa shape index (κ1) is 17.5. The summed E-state index contributed by atoms with van der Waals surface area (Å²) >= 11 is 0. The molecule has 2 fully saturated rings. The highest BCUT2D eigenvalue weighted by Crippen LogP contribution is 2.27. The molecular weight excluding hydrogens is 295 g/mol. The monoisotopic (exact) mass is 321 g/mol. The Hall–Kier alpha value is -0.820. The summed E-state index contributed by atoms with van der Waals surface area (Å²) in [5.74, 6) is 0.221. The van der Waals surface area contributed by atoms with E-state index >= 15 is 0 Å². The molecule has 22 heavy (non-hydrogen) atoms. The van der Waals surface area contributed by atoms with Crippen LogP contribution in [0.2, 0.25) is 0 Å². The van der Waals surface area contributed by atoms with Crippen LogP contribution in [-0.2, 0) is 4.79 Å². The highest BCUT2D eigenvalue weighted by molar-refractivity contribution is 5.79. The second-order valence-electron chi connectivity index (χ2n) is 6.74. The summed E-state index contributed by atoms with van der Waals surface area (Å²) in [7, 11) is 0. The molecule has 0 aromatic rings. The summed E-state index contributed by atoms with van der Waals surface area (Å²) in [6.45, 7) is 2.96. The van der Waals surface area contributed by atoms with Gasteiger partial charge in [-0.2, -0.15) is 13.2 Å². The number of halogens is 3. The Kier molecular flexibility index (Phi) is 5.71. The summed E-state index contributed by atoms with van der Waals surface area (Å²) in [5, 5.41) is 0. The van der Waals surface area contributed by atoms with Gasteiger partial charge in [0.05, 0.1) is 12.5 Å². The second kappa shape index (κ2) is 7.17. The van der Waals surface area contributed by atoms with Crippen LogP contribution in [0.3, 0.4) is 0 Å². The molecule has 2 N–H and O–H groups in total. The number of likely N-dealkylation sites (tertiary alicyclic amines) is 2. The Morgan fingerprint density at radius 1 is 1.27 bits per heavy atom. The Bertz CT molecular complexity index is 389. The van der Waals surface area contributed by atoms with Crippen molar-refractivity contribution in [3.8, 4) is 0 Å². The maximum atomic E-state index is 12.7. The average Bonchev–Trinajstić information content (AvgIpc) is 2.45. The number of amides is 1. The van der Waals surface area contributed by atoms with Crippen molar-refractivity contribution in [3.63, 3.8) is 0 Å². The molecule has 7 heteroatoms. The van der Waals surface area contributed by atoms with Gasteiger partial charge in [-0.25, -0.2) is 0 Å². The van der Waals surface area contributed by atoms with Crippen molar-refractivity contribution in [2.24, 2.45) is 17.6 Å². The average molecular weight is 321 g/mol. The molecule has 0 saturated carbocycles. The fraction of sp³-hybridized carbons (Fsp3) is 0.933. The van der Waals surface area contributed by atoms with Gasteiger partial charge in [-0.1, -0.05) is 6.92 Å². The third kappa shape index (κ3) is 4.59. The molecule has 1 amide bonds. The number of alkyl halides is 3. The molecule has 2 rings (SSSR count). The zero-order chi connectivity index (χ0) is 16.3. The zero-order valence-electron chi connectivity index (χ0n) is 13.1. The largest absolute Gasteiger partial charge is 0.401 e. The van der Waals surface area contributed by atoms with E-state index in [4.69, 9.17) is 5.73 Å². The predicted octanol–water partition coefficient (Wildman–Crippen LogP) is 1.85. The minimum absolute atomic E-state index is 0.00535. The molecule has 128 valence electrons. The predicted molar refractivity (Wildman–Crippen MR) is 78.2 cm³/mol. The molecular formula is C15H26F3N3O. The SMILES string of the molecule is CC1CCN(C(=O)C2CCCN(CC(F)(F)F)C2)C(CN)C1. The number of piperidine rings is 2. The van der Waals surface area contributed by atoms with E-state index in [0.29, 0.717) is 38.4 Å². The van der Waals surface area contributed by atoms with Gasteiger partial charge in [-0.3, -0.25) is 9.69 Å². The number of nitrogens with zero attached hydrogens (tertiary/aromatic N) is 2. The summed E-state index contributed by atoms with van der Waals surface area (Å²) in [6.07, 6.45) is -1.05. The topological polar surface area (TPSA) is 49.6 Å². The number of carbonyl (C=O) groups excluding carboxylic acids is 1. The number of nitrogens with two attached hydrogens (primary N) is 1. The van der Waals surface area contributed by atoms with Gasteiger partial charge in [0.15, 0.2) is 0 Å². The van der Waals surface area contributed by atoms with Crippen LogP contribution in [0, 0.1) is 11.8 Å². The Balaban J connectivity index is 1.96. The van der Waals surface area contributed by atoms with Gasteiger partial charge in [0, 0.05) is 25.7 Å². The molecule has 0 spiro atoms. The minimum Gasteiger partial charge on any atom is -0.338 e. The van der Waals surface area contributed by atoms with Crippen molar-refractivity contribution in [2.45, 2.75) is 44.8 Å². The zero-order valence-corrected chi connectivity index (χ0v) is 13.1. The van der Waals surface area contributed by atoms with Crippen LogP contribution in [0.25, 0.3) is 0 Å². The van der Waals surface area contributed by atoms with Crippen molar-refractivity contribution in [1.29, 1.82) is 0 Å². The Morgan fingerprint density at radius 2 is 2.00 bits per heavy atom. The van der Waals surface area contributed by atoms with Crippen LogP contribution in [0.1, 0.15) is 32.6 Å². The second-order valence-corrected chi connectivity index (χ2v) is 6.74. The van der Waals surface area contributed by atoms with Gasteiger partial charge in [0.2, 0.25) is 5.91 Å². The molecule has 3 unspecified atom stereocenters. The van der Waals surface area contributed by atoms with Crippen LogP contribution >= 0.6 is 0 Å². The first-order valence-electron chi connectivity index (χ1n) is 8.10. The van der Waals surface area contributed by atoms with E-state index in [-0.39, 0.29) is 24.4 Å². The standard InChI is InChI=1S/C15H26F3N3O/c1-11-4-6-21(13(7-11)8-19)14(22)12-3-2-5-20(9-12)10-15(16,17)18/h11-13H,2-10,19H2,1H3. The van der Waals surface area contributed by atoms with Gasteiger partial charge in [-0.15, -0.1) is 0 Å². The number of rotatable bonds is 3. The quantitative estimate of drug-likeness (QED) is 0.863. The number of hydrogen-bond acceptors (Lipinski definition) is 3. The van der Waals surface area contributed by atoms with Crippen molar-refractivity contribution >= 4 is 5.91 Å². The summed E-state index contributed by atoms with van der Waals surface area (Å²) in [4.78, 5) is 15.9. The molecule has 0 aliphatic carbocycles. The van der Waals surface area contributed by atoms with Crippen molar-refractivity contribution < 1.29 is 18.0 Å². The van der Waals surface area contributed by atoms with Crippen LogP contribution in [0.4, 0.5) is 13.2 Å². The van der Waals surface area contributed by atoms with Crippen LogP contribution in [0.5, 0.6) is 0 Å². The van der Waals surface area contributed by atoms with Gasteiger partial charge in [0.1, 0.15) is 0 Å². The third-order valence-corrected chi connectivity index (χ3v) is 4.79. The Morgan fingerprint density at radius 3 is 2.64 bits per heavy atom. The molecule has 0 bridgehead atoms. The molecule has 3 atom stereocenters. The fourth-order valence-electron chi connectivity index (χ4n) is 3.65. The van der Waals surface area contributed by atoms with E-state index in [2.05, 4.69) is 6.92 Å². The van der Waals surface area contributed by atoms with Crippen molar-refractivity contribution in [1.82, 2.24) is 9.80 Å². The summed E-state index contributed by atoms with van der Waals surface area (Å²) < 4.78 is 37.6. The summed E-state index contributed by atoms with van der Waals surface area (Å²) in [5.41, 5.74) is 5.78. The number of hydrogen-bond donors (Lipinski definition) is 1. The van der Waals surface area contributed by atoms with Gasteiger partial charge < -0.3 is 10.6 Å². The molecule has 0 aromatic carbocycles. The third-order valence-electron chi connectivity index (χ3n) is 4.79. The Labute approximate surface area is 129 Å². The molecule has 4 nitrogen and oxygen atoms in total. The normalized spacial score (nSPS) is 31.3.